The van der Waals surface area contributed by atoms with Crippen LogP contribution in [0.3, 0.4) is 0 Å². The molecule has 0 heterocycles. The van der Waals surface area contributed by atoms with E-state index in [9.17, 15) is 0 Å². The van der Waals surface area contributed by atoms with Gasteiger partial charge in [0.2, 0.25) is 0 Å². The van der Waals surface area contributed by atoms with Crippen LogP contribution in [0.25, 0.3) is 0 Å². The highest BCUT2D eigenvalue weighted by Crippen LogP contribution is 2.34. The Kier molecular flexibility index (Phi) is 11.0. The number of methoxy groups -OCH3 is 4. The van der Waals surface area contributed by atoms with Gasteiger partial charge < -0.3 is 34.5 Å². The standard InChI is InChI=1S/C19H34N4O4/c1-20-19(21-8-10-23(2)9-7-11-24-3)22-14-15-12-17(26-5)18(27-6)13-16(15)25-4/h12-13H,7-11,14H2,1-6H3,(H2,20,21,22). The molecule has 8 nitrogen and oxygen atoms in total. The zero-order valence-corrected chi connectivity index (χ0v) is 17.4. The summed E-state index contributed by atoms with van der Waals surface area (Å²) in [5.74, 6) is 2.76. The van der Waals surface area contributed by atoms with Crippen LogP contribution < -0.4 is 24.8 Å². The van der Waals surface area contributed by atoms with Crippen molar-refractivity contribution in [2.45, 2.75) is 13.0 Å². The molecule has 0 fully saturated rings. The van der Waals surface area contributed by atoms with Crippen LogP contribution in [0.1, 0.15) is 12.0 Å². The SMILES string of the molecule is CN=C(NCCN(C)CCCOC)NCc1cc(OC)c(OC)cc1OC. The minimum atomic E-state index is 0.548. The molecule has 1 aromatic carbocycles. The van der Waals surface area contributed by atoms with Crippen LogP contribution in [0.2, 0.25) is 0 Å². The molecule has 0 saturated heterocycles. The number of nitrogens with zero attached hydrogens (tertiary/aromatic N) is 2. The number of hydrogen-bond acceptors (Lipinski definition) is 6. The molecule has 0 amide bonds. The third-order valence-electron chi connectivity index (χ3n) is 4.13. The average molecular weight is 383 g/mol. The van der Waals surface area contributed by atoms with E-state index in [-0.39, 0.29) is 0 Å². The predicted octanol–water partition coefficient (Wildman–Crippen LogP) is 1.35. The predicted molar refractivity (Wildman–Crippen MR) is 108 cm³/mol. The summed E-state index contributed by atoms with van der Waals surface area (Å²) in [4.78, 5) is 6.53. The summed E-state index contributed by atoms with van der Waals surface area (Å²) >= 11 is 0. The molecule has 0 aliphatic heterocycles. The zero-order chi connectivity index (χ0) is 20.1. The first kappa shape index (κ1) is 22.9. The second-order valence-electron chi connectivity index (χ2n) is 6.02. The van der Waals surface area contributed by atoms with Crippen molar-refractivity contribution >= 4 is 5.96 Å². The summed E-state index contributed by atoms with van der Waals surface area (Å²) in [7, 11) is 10.4. The Morgan fingerprint density at radius 3 is 2.22 bits per heavy atom. The lowest BCUT2D eigenvalue weighted by atomic mass is 10.1. The monoisotopic (exact) mass is 382 g/mol. The number of benzene rings is 1. The molecule has 8 heteroatoms. The fraction of sp³-hybridized carbons (Fsp3) is 0.632. The summed E-state index contributed by atoms with van der Waals surface area (Å²) in [5.41, 5.74) is 0.954. The molecule has 0 saturated carbocycles. The van der Waals surface area contributed by atoms with Crippen molar-refractivity contribution < 1.29 is 18.9 Å². The summed E-state index contributed by atoms with van der Waals surface area (Å²) in [6.45, 7) is 4.06. The highest BCUT2D eigenvalue weighted by molar-refractivity contribution is 5.79. The van der Waals surface area contributed by atoms with E-state index in [1.54, 1.807) is 35.5 Å². The number of nitrogens with one attached hydrogen (secondary N) is 2. The largest absolute Gasteiger partial charge is 0.496 e. The van der Waals surface area contributed by atoms with Gasteiger partial charge in [-0.2, -0.15) is 0 Å². The fourth-order valence-electron chi connectivity index (χ4n) is 2.59. The number of likely N-dealkylation sites (N-methyl/N-ethyl adjacent to an activating group) is 1. The molecule has 0 unspecified atom stereocenters. The van der Waals surface area contributed by atoms with Gasteiger partial charge in [0.05, 0.1) is 21.3 Å². The van der Waals surface area contributed by atoms with Crippen molar-refractivity contribution in [3.05, 3.63) is 17.7 Å². The van der Waals surface area contributed by atoms with Crippen LogP contribution in [0.4, 0.5) is 0 Å². The molecule has 0 aliphatic rings. The van der Waals surface area contributed by atoms with Gasteiger partial charge in [-0.3, -0.25) is 4.99 Å². The van der Waals surface area contributed by atoms with Gasteiger partial charge in [-0.15, -0.1) is 0 Å². The van der Waals surface area contributed by atoms with Gasteiger partial charge in [0.25, 0.3) is 0 Å². The first-order valence-electron chi connectivity index (χ1n) is 9.00. The second kappa shape index (κ2) is 13.1. The van der Waals surface area contributed by atoms with E-state index in [1.165, 1.54) is 0 Å². The number of ether oxygens (including phenoxy) is 4. The molecular weight excluding hydrogens is 348 g/mol. The smallest absolute Gasteiger partial charge is 0.191 e. The maximum atomic E-state index is 5.46. The van der Waals surface area contributed by atoms with Crippen molar-refractivity contribution in [2.24, 2.45) is 4.99 Å². The molecule has 0 spiro atoms. The maximum Gasteiger partial charge on any atom is 0.191 e. The number of aliphatic imine (C=N–C) groups is 1. The summed E-state index contributed by atoms with van der Waals surface area (Å²) in [6.07, 6.45) is 1.03. The maximum absolute atomic E-state index is 5.46. The molecule has 2 N–H and O–H groups in total. The van der Waals surface area contributed by atoms with Crippen LogP contribution in [-0.2, 0) is 11.3 Å². The molecule has 0 radical (unpaired) electrons. The highest BCUT2D eigenvalue weighted by Gasteiger charge is 2.12. The van der Waals surface area contributed by atoms with E-state index >= 15 is 0 Å². The van der Waals surface area contributed by atoms with Gasteiger partial charge in [-0.25, -0.2) is 0 Å². The van der Waals surface area contributed by atoms with Crippen molar-refractivity contribution in [3.63, 3.8) is 0 Å². The van der Waals surface area contributed by atoms with Gasteiger partial charge in [0.15, 0.2) is 17.5 Å². The molecule has 154 valence electrons. The quantitative estimate of drug-likeness (QED) is 0.321. The Labute approximate surface area is 162 Å². The number of hydrogen-bond donors (Lipinski definition) is 2. The summed E-state index contributed by atoms with van der Waals surface area (Å²) in [6, 6.07) is 3.72. The zero-order valence-electron chi connectivity index (χ0n) is 17.4. The lowest BCUT2D eigenvalue weighted by Crippen LogP contribution is -2.40. The molecular formula is C19H34N4O4. The van der Waals surface area contributed by atoms with Crippen molar-refractivity contribution in [1.29, 1.82) is 0 Å². The van der Waals surface area contributed by atoms with Crippen LogP contribution in [-0.4, -0.2) is 79.6 Å². The Bertz CT molecular complexity index is 581. The minimum absolute atomic E-state index is 0.548. The normalized spacial score (nSPS) is 11.4. The van der Waals surface area contributed by atoms with Crippen LogP contribution in [0, 0.1) is 0 Å². The van der Waals surface area contributed by atoms with Crippen molar-refractivity contribution in [3.8, 4) is 17.2 Å². The highest BCUT2D eigenvalue weighted by atomic mass is 16.5. The van der Waals surface area contributed by atoms with Crippen LogP contribution >= 0.6 is 0 Å². The molecule has 0 aromatic heterocycles. The minimum Gasteiger partial charge on any atom is -0.496 e. The van der Waals surface area contributed by atoms with Gasteiger partial charge in [0, 0.05) is 58.6 Å². The number of guanidine groups is 1. The Morgan fingerprint density at radius 2 is 1.63 bits per heavy atom. The Balaban J connectivity index is 2.55. The average Bonchev–Trinajstić information content (AvgIpc) is 2.69. The first-order chi connectivity index (χ1) is 13.1. The molecule has 0 bridgehead atoms. The summed E-state index contributed by atoms with van der Waals surface area (Å²) < 4.78 is 21.2. The van der Waals surface area contributed by atoms with Crippen molar-refractivity contribution in [2.75, 3.05) is 68.8 Å². The van der Waals surface area contributed by atoms with E-state index in [2.05, 4.69) is 27.6 Å². The van der Waals surface area contributed by atoms with Crippen molar-refractivity contribution in [1.82, 2.24) is 15.5 Å². The van der Waals surface area contributed by atoms with Crippen LogP contribution in [0.15, 0.2) is 17.1 Å². The van der Waals surface area contributed by atoms with Gasteiger partial charge in [-0.05, 0) is 19.5 Å². The summed E-state index contributed by atoms with van der Waals surface area (Å²) in [5, 5.41) is 6.62. The first-order valence-corrected chi connectivity index (χ1v) is 9.00. The lowest BCUT2D eigenvalue weighted by molar-refractivity contribution is 0.180. The van der Waals surface area contributed by atoms with E-state index in [4.69, 9.17) is 18.9 Å². The Morgan fingerprint density at radius 1 is 0.963 bits per heavy atom. The Hall–Kier alpha value is -2.19. The van der Waals surface area contributed by atoms with Gasteiger partial charge in [-0.1, -0.05) is 0 Å². The van der Waals surface area contributed by atoms with E-state index < -0.39 is 0 Å². The fourth-order valence-corrected chi connectivity index (χ4v) is 2.59. The molecule has 0 atom stereocenters. The third-order valence-corrected chi connectivity index (χ3v) is 4.13. The van der Waals surface area contributed by atoms with Gasteiger partial charge >= 0.3 is 0 Å². The second-order valence-corrected chi connectivity index (χ2v) is 6.02. The van der Waals surface area contributed by atoms with Crippen LogP contribution in [0.5, 0.6) is 17.2 Å². The van der Waals surface area contributed by atoms with E-state index in [0.29, 0.717) is 18.0 Å². The molecule has 1 aromatic rings. The lowest BCUT2D eigenvalue weighted by Gasteiger charge is -2.19. The van der Waals surface area contributed by atoms with Gasteiger partial charge in [0.1, 0.15) is 5.75 Å². The molecule has 0 aliphatic carbocycles. The number of rotatable bonds is 12. The van der Waals surface area contributed by atoms with E-state index in [0.717, 1.165) is 49.9 Å². The molecule has 1 rings (SSSR count). The molecule has 27 heavy (non-hydrogen) atoms. The topological polar surface area (TPSA) is 76.6 Å². The van der Waals surface area contributed by atoms with E-state index in [1.807, 2.05) is 12.1 Å². The third kappa shape index (κ3) is 7.92.